The average molecular weight is 258 g/mol. The van der Waals surface area contributed by atoms with Crippen molar-refractivity contribution >= 4 is 34.7 Å². The van der Waals surface area contributed by atoms with Gasteiger partial charge in [-0.2, -0.15) is 5.26 Å². The Balaban J connectivity index is 2.71. The molecule has 0 aliphatic heterocycles. The van der Waals surface area contributed by atoms with Gasteiger partial charge in [-0.1, -0.05) is 11.6 Å². The molecule has 1 aromatic rings. The number of methoxy groups -OCH3 is 1. The van der Waals surface area contributed by atoms with E-state index < -0.39 is 11.9 Å². The van der Waals surface area contributed by atoms with E-state index >= 15 is 0 Å². The summed E-state index contributed by atoms with van der Waals surface area (Å²) in [5.74, 6) is -2.04. The lowest BCUT2D eigenvalue weighted by Crippen LogP contribution is -2.17. The van der Waals surface area contributed by atoms with Gasteiger partial charge in [-0.15, -0.1) is 11.3 Å². The highest BCUT2D eigenvalue weighted by Crippen LogP contribution is 2.23. The third-order valence-corrected chi connectivity index (χ3v) is 3.15. The number of halogens is 1. The number of thiophene rings is 1. The van der Waals surface area contributed by atoms with Crippen LogP contribution in [0.25, 0.3) is 0 Å². The lowest BCUT2D eigenvalue weighted by molar-refractivity contribution is -0.143. The first-order valence-corrected chi connectivity index (χ1v) is 5.54. The smallest absolute Gasteiger partial charge is 0.323 e. The van der Waals surface area contributed by atoms with Gasteiger partial charge in [-0.3, -0.25) is 9.59 Å². The van der Waals surface area contributed by atoms with Crippen LogP contribution in [0, 0.1) is 17.2 Å². The fourth-order valence-electron chi connectivity index (χ4n) is 1.07. The summed E-state index contributed by atoms with van der Waals surface area (Å²) >= 11 is 6.80. The molecule has 0 aromatic carbocycles. The number of nitrogens with zero attached hydrogens (tertiary/aromatic N) is 1. The lowest BCUT2D eigenvalue weighted by atomic mass is 10.0. The Labute approximate surface area is 101 Å². The molecule has 0 saturated heterocycles. The minimum absolute atomic E-state index is 0.181. The molecular weight excluding hydrogens is 250 g/mol. The number of nitriles is 1. The highest BCUT2D eigenvalue weighted by molar-refractivity contribution is 7.18. The second kappa shape index (κ2) is 5.64. The normalized spacial score (nSPS) is 11.6. The Kier molecular flexibility index (Phi) is 4.47. The highest BCUT2D eigenvalue weighted by Gasteiger charge is 2.23. The molecule has 84 valence electrons. The summed E-state index contributed by atoms with van der Waals surface area (Å²) in [7, 11) is 1.18. The van der Waals surface area contributed by atoms with Gasteiger partial charge in [0.15, 0.2) is 11.7 Å². The predicted octanol–water partition coefficient (Wildman–Crippen LogP) is 2.29. The van der Waals surface area contributed by atoms with E-state index in [9.17, 15) is 9.59 Å². The number of Topliss-reactive ketones (excluding diaryl/α,β-unsaturated/α-hetero) is 1. The summed E-state index contributed by atoms with van der Waals surface area (Å²) in [4.78, 5) is 23.2. The predicted molar refractivity (Wildman–Crippen MR) is 59.4 cm³/mol. The van der Waals surface area contributed by atoms with Crippen LogP contribution in [0.5, 0.6) is 0 Å². The van der Waals surface area contributed by atoms with Crippen molar-refractivity contribution in [3.63, 3.8) is 0 Å². The molecule has 0 fully saturated rings. The first-order valence-electron chi connectivity index (χ1n) is 4.34. The molecule has 0 N–H and O–H groups in total. The number of rotatable bonds is 4. The summed E-state index contributed by atoms with van der Waals surface area (Å²) in [5.41, 5.74) is 0. The van der Waals surface area contributed by atoms with Gasteiger partial charge in [0.25, 0.3) is 0 Å². The van der Waals surface area contributed by atoms with Crippen molar-refractivity contribution in [2.24, 2.45) is 5.92 Å². The molecule has 1 atom stereocenters. The van der Waals surface area contributed by atoms with E-state index in [1.807, 2.05) is 0 Å². The quantitative estimate of drug-likeness (QED) is 0.613. The number of ketones is 1. The van der Waals surface area contributed by atoms with Crippen LogP contribution in [0.1, 0.15) is 16.1 Å². The third kappa shape index (κ3) is 3.05. The standard InChI is InChI=1S/C10H8ClNO3S/c1-15-10(14)6(5-12)4-7(13)8-2-3-9(11)16-8/h2-3,6H,4H2,1H3. The molecule has 16 heavy (non-hydrogen) atoms. The minimum Gasteiger partial charge on any atom is -0.468 e. The molecule has 1 unspecified atom stereocenters. The van der Waals surface area contributed by atoms with E-state index in [0.29, 0.717) is 9.21 Å². The van der Waals surface area contributed by atoms with Crippen LogP contribution in [0.2, 0.25) is 4.34 Å². The fraction of sp³-hybridized carbons (Fsp3) is 0.300. The van der Waals surface area contributed by atoms with Gasteiger partial charge in [-0.05, 0) is 12.1 Å². The first-order chi connectivity index (χ1) is 7.58. The second-order valence-electron chi connectivity index (χ2n) is 2.94. The zero-order chi connectivity index (χ0) is 12.1. The van der Waals surface area contributed by atoms with Crippen molar-refractivity contribution in [2.45, 2.75) is 6.42 Å². The Bertz CT molecular complexity index is 449. The van der Waals surface area contributed by atoms with Gasteiger partial charge in [0.1, 0.15) is 0 Å². The molecule has 0 saturated carbocycles. The number of carbonyl (C=O) groups is 2. The van der Waals surface area contributed by atoms with Crippen molar-refractivity contribution in [3.8, 4) is 6.07 Å². The molecule has 1 heterocycles. The monoisotopic (exact) mass is 257 g/mol. The minimum atomic E-state index is -1.06. The molecule has 0 amide bonds. The van der Waals surface area contributed by atoms with E-state index in [-0.39, 0.29) is 12.2 Å². The molecule has 1 rings (SSSR count). The molecule has 0 bridgehead atoms. The van der Waals surface area contributed by atoms with Crippen molar-refractivity contribution < 1.29 is 14.3 Å². The molecule has 1 aromatic heterocycles. The maximum absolute atomic E-state index is 11.6. The topological polar surface area (TPSA) is 67.2 Å². The molecule has 6 heteroatoms. The Morgan fingerprint density at radius 1 is 1.62 bits per heavy atom. The molecule has 0 spiro atoms. The van der Waals surface area contributed by atoms with E-state index in [1.165, 1.54) is 7.11 Å². The average Bonchev–Trinajstić information content (AvgIpc) is 2.71. The van der Waals surface area contributed by atoms with Crippen LogP contribution in [0.3, 0.4) is 0 Å². The first kappa shape index (κ1) is 12.7. The number of hydrogen-bond acceptors (Lipinski definition) is 5. The maximum atomic E-state index is 11.6. The van der Waals surface area contributed by atoms with E-state index in [4.69, 9.17) is 16.9 Å². The third-order valence-electron chi connectivity index (χ3n) is 1.88. The number of esters is 1. The fourth-order valence-corrected chi connectivity index (χ4v) is 2.07. The number of ether oxygens (including phenoxy) is 1. The lowest BCUT2D eigenvalue weighted by Gasteiger charge is -2.04. The summed E-state index contributed by atoms with van der Waals surface area (Å²) in [6, 6.07) is 4.90. The van der Waals surface area contributed by atoms with Gasteiger partial charge in [0.2, 0.25) is 0 Å². The van der Waals surface area contributed by atoms with Gasteiger partial charge in [-0.25, -0.2) is 0 Å². The van der Waals surface area contributed by atoms with Gasteiger partial charge < -0.3 is 4.74 Å². The van der Waals surface area contributed by atoms with E-state index in [2.05, 4.69) is 4.74 Å². The highest BCUT2D eigenvalue weighted by atomic mass is 35.5. The molecule has 0 aliphatic carbocycles. The van der Waals surface area contributed by atoms with Crippen LogP contribution in [0.15, 0.2) is 12.1 Å². The van der Waals surface area contributed by atoms with Crippen LogP contribution >= 0.6 is 22.9 Å². The van der Waals surface area contributed by atoms with Crippen LogP contribution in [-0.2, 0) is 9.53 Å². The molecular formula is C10H8ClNO3S. The van der Waals surface area contributed by atoms with Crippen LogP contribution in [-0.4, -0.2) is 18.9 Å². The molecule has 4 nitrogen and oxygen atoms in total. The van der Waals surface area contributed by atoms with Crippen LogP contribution < -0.4 is 0 Å². The number of hydrogen-bond donors (Lipinski definition) is 0. The molecule has 0 radical (unpaired) electrons. The van der Waals surface area contributed by atoms with Gasteiger partial charge in [0.05, 0.1) is 22.4 Å². The summed E-state index contributed by atoms with van der Waals surface area (Å²) < 4.78 is 4.90. The largest absolute Gasteiger partial charge is 0.468 e. The van der Waals surface area contributed by atoms with Gasteiger partial charge in [0, 0.05) is 6.42 Å². The summed E-state index contributed by atoms with van der Waals surface area (Å²) in [6.07, 6.45) is -0.181. The Hall–Kier alpha value is -1.38. The summed E-state index contributed by atoms with van der Waals surface area (Å²) in [5, 5.41) is 8.70. The van der Waals surface area contributed by atoms with Crippen molar-refractivity contribution in [3.05, 3.63) is 21.3 Å². The van der Waals surface area contributed by atoms with E-state index in [0.717, 1.165) is 11.3 Å². The maximum Gasteiger partial charge on any atom is 0.323 e. The van der Waals surface area contributed by atoms with E-state index in [1.54, 1.807) is 18.2 Å². The summed E-state index contributed by atoms with van der Waals surface area (Å²) in [6.45, 7) is 0. The zero-order valence-corrected chi connectivity index (χ0v) is 9.97. The van der Waals surface area contributed by atoms with Crippen molar-refractivity contribution in [1.82, 2.24) is 0 Å². The van der Waals surface area contributed by atoms with Crippen molar-refractivity contribution in [1.29, 1.82) is 5.26 Å². The Morgan fingerprint density at radius 3 is 2.75 bits per heavy atom. The zero-order valence-electron chi connectivity index (χ0n) is 8.40. The number of carbonyl (C=O) groups excluding carboxylic acids is 2. The Morgan fingerprint density at radius 2 is 2.31 bits per heavy atom. The second-order valence-corrected chi connectivity index (χ2v) is 4.65. The molecule has 0 aliphatic rings. The van der Waals surface area contributed by atoms with Crippen molar-refractivity contribution in [2.75, 3.05) is 7.11 Å². The SMILES string of the molecule is COC(=O)C(C#N)CC(=O)c1ccc(Cl)s1. The van der Waals surface area contributed by atoms with Gasteiger partial charge >= 0.3 is 5.97 Å². The van der Waals surface area contributed by atoms with Crippen LogP contribution in [0.4, 0.5) is 0 Å².